The van der Waals surface area contributed by atoms with E-state index in [1.54, 1.807) is 6.20 Å². The van der Waals surface area contributed by atoms with Crippen molar-refractivity contribution in [3.05, 3.63) is 66.4 Å². The predicted octanol–water partition coefficient (Wildman–Crippen LogP) is 4.77. The molecule has 0 saturated heterocycles. The first-order valence-electron chi connectivity index (χ1n) is 8.15. The summed E-state index contributed by atoms with van der Waals surface area (Å²) in [6.07, 6.45) is 2.74. The van der Waals surface area contributed by atoms with Crippen LogP contribution >= 0.6 is 11.8 Å². The Morgan fingerprint density at radius 3 is 2.92 bits per heavy atom. The van der Waals surface area contributed by atoms with Crippen molar-refractivity contribution in [3.63, 3.8) is 0 Å². The van der Waals surface area contributed by atoms with E-state index in [2.05, 4.69) is 18.0 Å². The molecule has 4 heteroatoms. The second-order valence-corrected chi connectivity index (χ2v) is 7.50. The SMILES string of the molecule is C[C@@H]1CCN(C(=O)c2cccc3ncccc23)c2ccccc2S1. The zero-order valence-corrected chi connectivity index (χ0v) is 14.3. The van der Waals surface area contributed by atoms with Gasteiger partial charge in [-0.1, -0.05) is 31.2 Å². The summed E-state index contributed by atoms with van der Waals surface area (Å²) in [6, 6.07) is 17.8. The molecular formula is C20H18N2OS. The fourth-order valence-electron chi connectivity index (χ4n) is 3.13. The van der Waals surface area contributed by atoms with Gasteiger partial charge in [-0.3, -0.25) is 9.78 Å². The lowest BCUT2D eigenvalue weighted by atomic mass is 10.1. The molecule has 0 saturated carbocycles. The first-order valence-corrected chi connectivity index (χ1v) is 9.03. The molecule has 2 aromatic carbocycles. The quantitative estimate of drug-likeness (QED) is 0.643. The van der Waals surface area contributed by atoms with E-state index in [1.807, 2.05) is 65.2 Å². The molecule has 1 aliphatic heterocycles. The minimum Gasteiger partial charge on any atom is -0.307 e. The highest BCUT2D eigenvalue weighted by atomic mass is 32.2. The van der Waals surface area contributed by atoms with Gasteiger partial charge in [0, 0.05) is 33.8 Å². The van der Waals surface area contributed by atoms with Crippen LogP contribution in [0.2, 0.25) is 0 Å². The van der Waals surface area contributed by atoms with Crippen LogP contribution in [0, 0.1) is 0 Å². The van der Waals surface area contributed by atoms with Crippen LogP contribution in [-0.2, 0) is 0 Å². The average Bonchev–Trinajstić information content (AvgIpc) is 2.79. The van der Waals surface area contributed by atoms with E-state index in [0.29, 0.717) is 5.25 Å². The number of rotatable bonds is 1. The summed E-state index contributed by atoms with van der Waals surface area (Å²) in [6.45, 7) is 2.96. The monoisotopic (exact) mass is 334 g/mol. The molecule has 0 radical (unpaired) electrons. The summed E-state index contributed by atoms with van der Waals surface area (Å²) in [7, 11) is 0. The number of aromatic nitrogens is 1. The maximum absolute atomic E-state index is 13.3. The predicted molar refractivity (Wildman–Crippen MR) is 99.8 cm³/mol. The molecule has 0 bridgehead atoms. The van der Waals surface area contributed by atoms with Crippen LogP contribution in [0.3, 0.4) is 0 Å². The highest BCUT2D eigenvalue weighted by molar-refractivity contribution is 8.00. The van der Waals surface area contributed by atoms with Crippen LogP contribution in [0.1, 0.15) is 23.7 Å². The molecule has 0 unspecified atom stereocenters. The Balaban J connectivity index is 1.82. The summed E-state index contributed by atoms with van der Waals surface area (Å²) in [4.78, 5) is 20.8. The van der Waals surface area contributed by atoms with Crippen molar-refractivity contribution in [2.45, 2.75) is 23.5 Å². The Labute approximate surface area is 145 Å². The number of anilines is 1. The molecule has 0 aliphatic carbocycles. The summed E-state index contributed by atoms with van der Waals surface area (Å²) in [5, 5.41) is 1.41. The van der Waals surface area contributed by atoms with E-state index in [9.17, 15) is 4.79 Å². The topological polar surface area (TPSA) is 33.2 Å². The van der Waals surface area contributed by atoms with Gasteiger partial charge in [0.1, 0.15) is 0 Å². The zero-order valence-electron chi connectivity index (χ0n) is 13.5. The third-order valence-corrected chi connectivity index (χ3v) is 5.60. The molecule has 0 spiro atoms. The van der Waals surface area contributed by atoms with E-state index < -0.39 is 0 Å². The number of carbonyl (C=O) groups is 1. The summed E-state index contributed by atoms with van der Waals surface area (Å²) in [5.74, 6) is 0.0516. The van der Waals surface area contributed by atoms with Crippen molar-refractivity contribution in [1.82, 2.24) is 4.98 Å². The summed E-state index contributed by atoms with van der Waals surface area (Å²) < 4.78 is 0. The molecule has 24 heavy (non-hydrogen) atoms. The summed E-state index contributed by atoms with van der Waals surface area (Å²) >= 11 is 1.85. The molecule has 3 nitrogen and oxygen atoms in total. The van der Waals surface area contributed by atoms with Crippen LogP contribution in [0.15, 0.2) is 65.7 Å². The van der Waals surface area contributed by atoms with Gasteiger partial charge in [-0.15, -0.1) is 11.8 Å². The first kappa shape index (κ1) is 15.2. The molecule has 1 aliphatic rings. The molecule has 1 atom stereocenters. The average molecular weight is 334 g/mol. The summed E-state index contributed by atoms with van der Waals surface area (Å²) in [5.41, 5.74) is 2.59. The second kappa shape index (κ2) is 6.29. The molecule has 2 heterocycles. The minimum absolute atomic E-state index is 0.0516. The van der Waals surface area contributed by atoms with E-state index in [1.165, 1.54) is 4.90 Å². The Bertz CT molecular complexity index is 904. The molecule has 4 rings (SSSR count). The van der Waals surface area contributed by atoms with Crippen molar-refractivity contribution >= 4 is 34.3 Å². The molecular weight excluding hydrogens is 316 g/mol. The first-order chi connectivity index (χ1) is 11.7. The largest absolute Gasteiger partial charge is 0.307 e. The lowest BCUT2D eigenvalue weighted by Crippen LogP contribution is -2.32. The fraction of sp³-hybridized carbons (Fsp3) is 0.200. The van der Waals surface area contributed by atoms with Crippen LogP contribution < -0.4 is 4.90 Å². The van der Waals surface area contributed by atoms with Gasteiger partial charge in [0.15, 0.2) is 0 Å². The molecule has 1 aromatic heterocycles. The Morgan fingerprint density at radius 1 is 1.12 bits per heavy atom. The van der Waals surface area contributed by atoms with Crippen LogP contribution in [-0.4, -0.2) is 22.7 Å². The number of amides is 1. The standard InChI is InChI=1S/C20H18N2OS/c1-14-11-13-22(18-9-2-3-10-19(18)24-14)20(23)16-6-4-8-17-15(16)7-5-12-21-17/h2-10,12,14H,11,13H2,1H3/t14-/m1/s1. The Kier molecular flexibility index (Phi) is 3.98. The molecule has 0 fully saturated rings. The van der Waals surface area contributed by atoms with Gasteiger partial charge in [-0.25, -0.2) is 0 Å². The van der Waals surface area contributed by atoms with Gasteiger partial charge in [-0.05, 0) is 36.8 Å². The smallest absolute Gasteiger partial charge is 0.258 e. The maximum atomic E-state index is 13.3. The van der Waals surface area contributed by atoms with Gasteiger partial charge in [0.2, 0.25) is 0 Å². The van der Waals surface area contributed by atoms with E-state index in [0.717, 1.165) is 35.1 Å². The van der Waals surface area contributed by atoms with Crippen LogP contribution in [0.25, 0.3) is 10.9 Å². The Morgan fingerprint density at radius 2 is 2.00 bits per heavy atom. The number of fused-ring (bicyclic) bond motifs is 2. The number of nitrogens with zero attached hydrogens (tertiary/aromatic N) is 2. The zero-order chi connectivity index (χ0) is 16.5. The lowest BCUT2D eigenvalue weighted by molar-refractivity contribution is 0.0988. The van der Waals surface area contributed by atoms with E-state index in [-0.39, 0.29) is 5.91 Å². The molecule has 1 amide bonds. The number of thioether (sulfide) groups is 1. The van der Waals surface area contributed by atoms with Crippen LogP contribution in [0.5, 0.6) is 0 Å². The van der Waals surface area contributed by atoms with Gasteiger partial charge in [-0.2, -0.15) is 0 Å². The van der Waals surface area contributed by atoms with Crippen LogP contribution in [0.4, 0.5) is 5.69 Å². The van der Waals surface area contributed by atoms with Gasteiger partial charge >= 0.3 is 0 Å². The normalized spacial score (nSPS) is 17.4. The number of hydrogen-bond donors (Lipinski definition) is 0. The van der Waals surface area contributed by atoms with Gasteiger partial charge in [0.05, 0.1) is 11.2 Å². The molecule has 0 N–H and O–H groups in total. The third kappa shape index (κ3) is 2.67. The third-order valence-electron chi connectivity index (χ3n) is 4.36. The number of benzene rings is 2. The number of hydrogen-bond acceptors (Lipinski definition) is 3. The van der Waals surface area contributed by atoms with Crippen molar-refractivity contribution in [2.24, 2.45) is 0 Å². The number of para-hydroxylation sites is 1. The van der Waals surface area contributed by atoms with Crippen molar-refractivity contribution in [3.8, 4) is 0 Å². The highest BCUT2D eigenvalue weighted by Gasteiger charge is 2.25. The number of pyridine rings is 1. The molecule has 120 valence electrons. The lowest BCUT2D eigenvalue weighted by Gasteiger charge is -2.23. The number of carbonyl (C=O) groups excluding carboxylic acids is 1. The van der Waals surface area contributed by atoms with Gasteiger partial charge < -0.3 is 4.90 Å². The Hall–Kier alpha value is -2.33. The molecule has 3 aromatic rings. The fourth-order valence-corrected chi connectivity index (χ4v) is 4.25. The highest BCUT2D eigenvalue weighted by Crippen LogP contribution is 2.38. The van der Waals surface area contributed by atoms with E-state index >= 15 is 0 Å². The second-order valence-electron chi connectivity index (χ2n) is 6.02. The van der Waals surface area contributed by atoms with Crippen molar-refractivity contribution in [2.75, 3.05) is 11.4 Å². The van der Waals surface area contributed by atoms with Crippen molar-refractivity contribution in [1.29, 1.82) is 0 Å². The van der Waals surface area contributed by atoms with Crippen molar-refractivity contribution < 1.29 is 4.79 Å². The minimum atomic E-state index is 0.0516. The maximum Gasteiger partial charge on any atom is 0.258 e. The van der Waals surface area contributed by atoms with E-state index in [4.69, 9.17) is 0 Å². The van der Waals surface area contributed by atoms with Gasteiger partial charge in [0.25, 0.3) is 5.91 Å².